The standard InChI is InChI=1S/C12H24NO6P/c1-5-17-12(15)13-10(4)8-11(14)9-20(16,18-6-2)19-7-3/h10H,5-9H2,1-4H3,(H,13,15)/t10-/m1/s1. The van der Waals surface area contributed by atoms with Crippen LogP contribution in [0.3, 0.4) is 0 Å². The summed E-state index contributed by atoms with van der Waals surface area (Å²) in [7, 11) is -3.37. The Labute approximate surface area is 119 Å². The number of hydrogen-bond donors (Lipinski definition) is 1. The molecule has 0 aromatic heterocycles. The molecule has 0 aromatic rings. The van der Waals surface area contributed by atoms with E-state index in [0.717, 1.165) is 0 Å². The lowest BCUT2D eigenvalue weighted by Crippen LogP contribution is -2.35. The number of ether oxygens (including phenoxy) is 1. The van der Waals surface area contributed by atoms with Gasteiger partial charge in [0.2, 0.25) is 0 Å². The van der Waals surface area contributed by atoms with Crippen molar-refractivity contribution in [2.45, 2.75) is 40.2 Å². The predicted molar refractivity (Wildman–Crippen MR) is 75.0 cm³/mol. The van der Waals surface area contributed by atoms with Crippen LogP contribution >= 0.6 is 7.60 Å². The van der Waals surface area contributed by atoms with E-state index in [0.29, 0.717) is 0 Å². The molecule has 0 unspecified atom stereocenters. The maximum atomic E-state index is 12.2. The molecule has 0 aromatic carbocycles. The minimum absolute atomic E-state index is 0.0446. The Bertz CT molecular complexity index is 350. The summed E-state index contributed by atoms with van der Waals surface area (Å²) < 4.78 is 26.9. The number of carbonyl (C=O) groups excluding carboxylic acids is 2. The first-order valence-corrected chi connectivity index (χ1v) is 8.42. The Balaban J connectivity index is 4.31. The monoisotopic (exact) mass is 309 g/mol. The third-order valence-electron chi connectivity index (χ3n) is 2.20. The van der Waals surface area contributed by atoms with Gasteiger partial charge in [-0.05, 0) is 27.7 Å². The molecule has 0 bridgehead atoms. The molecule has 1 amide bonds. The van der Waals surface area contributed by atoms with Crippen LogP contribution in [-0.2, 0) is 23.1 Å². The number of hydrogen-bond acceptors (Lipinski definition) is 6. The maximum Gasteiger partial charge on any atom is 0.407 e. The molecule has 20 heavy (non-hydrogen) atoms. The highest BCUT2D eigenvalue weighted by molar-refractivity contribution is 7.54. The zero-order chi connectivity index (χ0) is 15.6. The van der Waals surface area contributed by atoms with Crippen LogP contribution in [0.15, 0.2) is 0 Å². The largest absolute Gasteiger partial charge is 0.450 e. The third kappa shape index (κ3) is 8.30. The van der Waals surface area contributed by atoms with E-state index in [1.54, 1.807) is 27.7 Å². The summed E-state index contributed by atoms with van der Waals surface area (Å²) in [6.45, 7) is 7.40. The van der Waals surface area contributed by atoms with Crippen molar-refractivity contribution >= 4 is 19.5 Å². The fourth-order valence-corrected chi connectivity index (χ4v) is 3.17. The molecule has 8 heteroatoms. The van der Waals surface area contributed by atoms with E-state index in [1.807, 2.05) is 0 Å². The van der Waals surface area contributed by atoms with Crippen molar-refractivity contribution in [3.63, 3.8) is 0 Å². The summed E-state index contributed by atoms with van der Waals surface area (Å²) in [6, 6.07) is -0.404. The first kappa shape index (κ1) is 19.1. The lowest BCUT2D eigenvalue weighted by Gasteiger charge is -2.17. The number of alkyl carbamates (subject to hydrolysis) is 1. The van der Waals surface area contributed by atoms with E-state index in [4.69, 9.17) is 13.8 Å². The molecule has 0 saturated carbocycles. The van der Waals surface area contributed by atoms with Gasteiger partial charge < -0.3 is 19.1 Å². The van der Waals surface area contributed by atoms with Crippen molar-refractivity contribution in [3.05, 3.63) is 0 Å². The molecule has 1 N–H and O–H groups in total. The van der Waals surface area contributed by atoms with Crippen LogP contribution in [-0.4, -0.2) is 43.9 Å². The van der Waals surface area contributed by atoms with Crippen LogP contribution in [0.5, 0.6) is 0 Å². The van der Waals surface area contributed by atoms with Gasteiger partial charge in [-0.2, -0.15) is 0 Å². The van der Waals surface area contributed by atoms with E-state index in [1.165, 1.54) is 0 Å². The smallest absolute Gasteiger partial charge is 0.407 e. The molecule has 0 fully saturated rings. The van der Waals surface area contributed by atoms with Gasteiger partial charge in [0.15, 0.2) is 0 Å². The van der Waals surface area contributed by atoms with Crippen molar-refractivity contribution in [3.8, 4) is 0 Å². The van der Waals surface area contributed by atoms with Gasteiger partial charge in [-0.25, -0.2) is 4.79 Å². The molecule has 0 radical (unpaired) electrons. The molecule has 0 rings (SSSR count). The van der Waals surface area contributed by atoms with Gasteiger partial charge in [0.25, 0.3) is 0 Å². The highest BCUT2D eigenvalue weighted by Gasteiger charge is 2.28. The minimum atomic E-state index is -3.37. The first-order valence-electron chi connectivity index (χ1n) is 6.70. The van der Waals surface area contributed by atoms with Gasteiger partial charge in [0.05, 0.1) is 19.8 Å². The number of ketones is 1. The summed E-state index contributed by atoms with van der Waals surface area (Å²) >= 11 is 0. The second kappa shape index (κ2) is 9.91. The van der Waals surface area contributed by atoms with Crippen LogP contribution in [0.25, 0.3) is 0 Å². The van der Waals surface area contributed by atoms with Gasteiger partial charge in [-0.3, -0.25) is 9.36 Å². The van der Waals surface area contributed by atoms with Crippen LogP contribution in [0.1, 0.15) is 34.1 Å². The molecule has 118 valence electrons. The second-order valence-corrected chi connectivity index (χ2v) is 6.17. The fourth-order valence-electron chi connectivity index (χ4n) is 1.57. The van der Waals surface area contributed by atoms with E-state index in [2.05, 4.69) is 5.32 Å². The van der Waals surface area contributed by atoms with Gasteiger partial charge in [0.1, 0.15) is 11.9 Å². The molecule has 0 heterocycles. The molecular formula is C12H24NO6P. The molecule has 0 spiro atoms. The topological polar surface area (TPSA) is 90.9 Å². The van der Waals surface area contributed by atoms with Crippen LogP contribution in [0, 0.1) is 0 Å². The predicted octanol–water partition coefficient (Wildman–Crippen LogP) is 2.35. The summed E-state index contributed by atoms with van der Waals surface area (Å²) in [5.41, 5.74) is 0. The maximum absolute atomic E-state index is 12.2. The molecule has 0 aliphatic heterocycles. The van der Waals surface area contributed by atoms with Gasteiger partial charge in [0, 0.05) is 12.5 Å². The number of Topliss-reactive ketones (excluding diaryl/α,β-unsaturated/α-hetero) is 1. The molecule has 7 nitrogen and oxygen atoms in total. The summed E-state index contributed by atoms with van der Waals surface area (Å²) in [5.74, 6) is -0.292. The zero-order valence-electron chi connectivity index (χ0n) is 12.5. The highest BCUT2D eigenvalue weighted by Crippen LogP contribution is 2.47. The number of carbonyl (C=O) groups is 2. The van der Waals surface area contributed by atoms with Crippen molar-refractivity contribution in [1.29, 1.82) is 0 Å². The van der Waals surface area contributed by atoms with Crippen molar-refractivity contribution in [2.75, 3.05) is 26.0 Å². The Morgan fingerprint density at radius 2 is 1.65 bits per heavy atom. The van der Waals surface area contributed by atoms with E-state index < -0.39 is 19.7 Å². The van der Waals surface area contributed by atoms with E-state index >= 15 is 0 Å². The van der Waals surface area contributed by atoms with Gasteiger partial charge >= 0.3 is 13.7 Å². The quantitative estimate of drug-likeness (QED) is 0.623. The average molecular weight is 309 g/mol. The lowest BCUT2D eigenvalue weighted by atomic mass is 10.2. The fraction of sp³-hybridized carbons (Fsp3) is 0.833. The Kier molecular flexibility index (Phi) is 9.46. The summed E-state index contributed by atoms with van der Waals surface area (Å²) in [6.07, 6.45) is -0.822. The minimum Gasteiger partial charge on any atom is -0.450 e. The zero-order valence-corrected chi connectivity index (χ0v) is 13.4. The van der Waals surface area contributed by atoms with E-state index in [9.17, 15) is 14.2 Å². The normalized spacial score (nSPS) is 12.8. The van der Waals surface area contributed by atoms with Gasteiger partial charge in [-0.15, -0.1) is 0 Å². The number of rotatable bonds is 10. The molecule has 1 atom stereocenters. The number of nitrogens with one attached hydrogen (secondary N) is 1. The van der Waals surface area contributed by atoms with Crippen molar-refractivity contribution in [2.24, 2.45) is 0 Å². The summed E-state index contributed by atoms with van der Waals surface area (Å²) in [4.78, 5) is 23.0. The molecule has 0 aliphatic carbocycles. The molecular weight excluding hydrogens is 285 g/mol. The SMILES string of the molecule is CCOC(=O)N[C@H](C)CC(=O)CP(=O)(OCC)OCC. The second-order valence-electron chi connectivity index (χ2n) is 4.11. The van der Waals surface area contributed by atoms with Crippen molar-refractivity contribution < 1.29 is 27.9 Å². The third-order valence-corrected chi connectivity index (χ3v) is 4.24. The van der Waals surface area contributed by atoms with E-state index in [-0.39, 0.29) is 38.2 Å². The van der Waals surface area contributed by atoms with Crippen LogP contribution in [0.4, 0.5) is 4.79 Å². The molecule has 0 aliphatic rings. The number of amides is 1. The highest BCUT2D eigenvalue weighted by atomic mass is 31.2. The Morgan fingerprint density at radius 1 is 1.10 bits per heavy atom. The van der Waals surface area contributed by atoms with Crippen LogP contribution in [0.2, 0.25) is 0 Å². The Morgan fingerprint density at radius 3 is 2.10 bits per heavy atom. The lowest BCUT2D eigenvalue weighted by molar-refractivity contribution is -0.117. The summed E-state index contributed by atoms with van der Waals surface area (Å²) in [5, 5.41) is 2.51. The van der Waals surface area contributed by atoms with Crippen LogP contribution < -0.4 is 5.32 Å². The average Bonchev–Trinajstić information content (AvgIpc) is 2.28. The van der Waals surface area contributed by atoms with Crippen molar-refractivity contribution in [1.82, 2.24) is 5.32 Å². The van der Waals surface area contributed by atoms with Gasteiger partial charge in [-0.1, -0.05) is 0 Å². The first-order chi connectivity index (χ1) is 9.36. The Hall–Kier alpha value is -0.910. The molecule has 0 saturated heterocycles.